The van der Waals surface area contributed by atoms with E-state index < -0.39 is 6.04 Å². The van der Waals surface area contributed by atoms with Crippen molar-refractivity contribution < 1.29 is 9.90 Å². The summed E-state index contributed by atoms with van der Waals surface area (Å²) in [6.07, 6.45) is 2.21. The van der Waals surface area contributed by atoms with Gasteiger partial charge in [-0.3, -0.25) is 4.79 Å². The number of likely N-dealkylation sites (tertiary alicyclic amines) is 1. The first-order valence-electron chi connectivity index (χ1n) is 5.78. The molecule has 0 aliphatic carbocycles. The summed E-state index contributed by atoms with van der Waals surface area (Å²) in [5.74, 6) is 0.194. The van der Waals surface area contributed by atoms with E-state index in [2.05, 4.69) is 0 Å². The highest BCUT2D eigenvalue weighted by Gasteiger charge is 2.28. The van der Waals surface area contributed by atoms with Gasteiger partial charge in [0.25, 0.3) is 0 Å². The number of hydrogen-bond acceptors (Lipinski definition) is 3. The smallest absolute Gasteiger partial charge is 0.239 e. The third-order valence-corrected chi connectivity index (χ3v) is 3.25. The largest absolute Gasteiger partial charge is 0.391 e. The fraction of sp³-hybridized carbons (Fsp3) is 0.909. The van der Waals surface area contributed by atoms with Crippen LogP contribution in [0.3, 0.4) is 0 Å². The van der Waals surface area contributed by atoms with E-state index in [4.69, 9.17) is 5.73 Å². The van der Waals surface area contributed by atoms with Crippen LogP contribution in [-0.4, -0.2) is 41.1 Å². The van der Waals surface area contributed by atoms with Crippen molar-refractivity contribution in [2.45, 2.75) is 45.3 Å². The van der Waals surface area contributed by atoms with Gasteiger partial charge in [0.05, 0.1) is 12.1 Å². The minimum Gasteiger partial charge on any atom is -0.391 e. The van der Waals surface area contributed by atoms with Crippen molar-refractivity contribution in [1.82, 2.24) is 4.90 Å². The van der Waals surface area contributed by atoms with E-state index in [1.807, 2.05) is 13.8 Å². The van der Waals surface area contributed by atoms with Gasteiger partial charge in [0.2, 0.25) is 5.91 Å². The van der Waals surface area contributed by atoms with Crippen molar-refractivity contribution >= 4 is 5.91 Å². The fourth-order valence-corrected chi connectivity index (χ4v) is 1.86. The van der Waals surface area contributed by atoms with Gasteiger partial charge in [-0.2, -0.15) is 0 Å². The lowest BCUT2D eigenvalue weighted by Crippen LogP contribution is -2.51. The molecule has 0 aromatic rings. The maximum absolute atomic E-state index is 11.9. The van der Waals surface area contributed by atoms with Crippen molar-refractivity contribution in [2.24, 2.45) is 11.7 Å². The van der Waals surface area contributed by atoms with E-state index in [9.17, 15) is 9.90 Å². The number of aliphatic hydroxyl groups excluding tert-OH is 1. The second kappa shape index (κ2) is 5.47. The van der Waals surface area contributed by atoms with Crippen LogP contribution in [0.4, 0.5) is 0 Å². The van der Waals surface area contributed by atoms with Crippen LogP contribution < -0.4 is 5.73 Å². The summed E-state index contributed by atoms with van der Waals surface area (Å²) in [7, 11) is 0. The summed E-state index contributed by atoms with van der Waals surface area (Å²) in [4.78, 5) is 13.6. The van der Waals surface area contributed by atoms with Gasteiger partial charge in [-0.1, -0.05) is 20.3 Å². The average Bonchev–Trinajstić information content (AvgIpc) is 2.26. The summed E-state index contributed by atoms with van der Waals surface area (Å²) in [5.41, 5.74) is 5.87. The standard InChI is InChI=1S/C11H22N2O2/c1-3-8(2)10(12)11(15)13-6-4-5-9(14)7-13/h8-10,14H,3-7,12H2,1-2H3/t8-,9-,10-/m0/s1. The van der Waals surface area contributed by atoms with Crippen molar-refractivity contribution in [2.75, 3.05) is 13.1 Å². The topological polar surface area (TPSA) is 66.6 Å². The predicted octanol–water partition coefficient (Wildman–Crippen LogP) is 0.343. The number of carbonyl (C=O) groups is 1. The average molecular weight is 214 g/mol. The lowest BCUT2D eigenvalue weighted by atomic mass is 9.97. The van der Waals surface area contributed by atoms with E-state index in [0.29, 0.717) is 6.54 Å². The van der Waals surface area contributed by atoms with Gasteiger partial charge in [-0.15, -0.1) is 0 Å². The molecule has 1 fully saturated rings. The molecule has 1 amide bonds. The molecule has 1 heterocycles. The lowest BCUT2D eigenvalue weighted by Gasteiger charge is -2.33. The molecule has 88 valence electrons. The molecule has 1 aliphatic heterocycles. The second-order valence-corrected chi connectivity index (χ2v) is 4.49. The lowest BCUT2D eigenvalue weighted by molar-refractivity contribution is -0.136. The van der Waals surface area contributed by atoms with Crippen LogP contribution in [-0.2, 0) is 4.79 Å². The van der Waals surface area contributed by atoms with Gasteiger partial charge < -0.3 is 15.7 Å². The maximum atomic E-state index is 11.9. The monoisotopic (exact) mass is 214 g/mol. The highest BCUT2D eigenvalue weighted by Crippen LogP contribution is 2.14. The van der Waals surface area contributed by atoms with Crippen molar-refractivity contribution in [3.63, 3.8) is 0 Å². The van der Waals surface area contributed by atoms with Gasteiger partial charge in [0, 0.05) is 13.1 Å². The van der Waals surface area contributed by atoms with Crippen molar-refractivity contribution in [1.29, 1.82) is 0 Å². The van der Waals surface area contributed by atoms with Gasteiger partial charge in [0.1, 0.15) is 0 Å². The SMILES string of the molecule is CC[C@H](C)[C@H](N)C(=O)N1CCC[C@H](O)C1. The summed E-state index contributed by atoms with van der Waals surface area (Å²) in [6.45, 7) is 5.20. The Hall–Kier alpha value is -0.610. The molecule has 0 radical (unpaired) electrons. The predicted molar refractivity (Wildman–Crippen MR) is 59.3 cm³/mol. The molecule has 3 N–H and O–H groups in total. The number of carbonyl (C=O) groups excluding carboxylic acids is 1. The summed E-state index contributed by atoms with van der Waals surface area (Å²) in [5, 5.41) is 9.47. The normalized spacial score (nSPS) is 26.1. The molecule has 0 unspecified atom stereocenters. The molecule has 0 aromatic carbocycles. The Bertz CT molecular complexity index is 221. The molecule has 0 aromatic heterocycles. The molecule has 4 heteroatoms. The molecule has 1 aliphatic rings. The molecular weight excluding hydrogens is 192 g/mol. The number of aliphatic hydroxyl groups is 1. The molecule has 3 atom stereocenters. The van der Waals surface area contributed by atoms with Crippen LogP contribution in [0.5, 0.6) is 0 Å². The number of piperidine rings is 1. The molecule has 0 saturated carbocycles. The van der Waals surface area contributed by atoms with Crippen molar-refractivity contribution in [3.05, 3.63) is 0 Å². The zero-order chi connectivity index (χ0) is 11.4. The summed E-state index contributed by atoms with van der Waals surface area (Å²) in [6, 6.07) is -0.416. The third kappa shape index (κ3) is 3.18. The van der Waals surface area contributed by atoms with Crippen molar-refractivity contribution in [3.8, 4) is 0 Å². The molecule has 1 saturated heterocycles. The molecule has 0 bridgehead atoms. The molecular formula is C11H22N2O2. The third-order valence-electron chi connectivity index (χ3n) is 3.25. The minimum absolute atomic E-state index is 0.0110. The minimum atomic E-state index is -0.416. The number of amides is 1. The zero-order valence-electron chi connectivity index (χ0n) is 9.65. The van der Waals surface area contributed by atoms with Crippen LogP contribution in [0.15, 0.2) is 0 Å². The first-order chi connectivity index (χ1) is 7.06. The fourth-order valence-electron chi connectivity index (χ4n) is 1.86. The first kappa shape index (κ1) is 12.5. The van der Waals surface area contributed by atoms with E-state index in [1.165, 1.54) is 0 Å². The number of rotatable bonds is 3. The van der Waals surface area contributed by atoms with Crippen LogP contribution in [0, 0.1) is 5.92 Å². The Kier molecular flexibility index (Phi) is 4.54. The van der Waals surface area contributed by atoms with Crippen LogP contribution in [0.25, 0.3) is 0 Å². The highest BCUT2D eigenvalue weighted by molar-refractivity contribution is 5.82. The molecule has 0 spiro atoms. The van der Waals surface area contributed by atoms with Crippen LogP contribution in [0.2, 0.25) is 0 Å². The highest BCUT2D eigenvalue weighted by atomic mass is 16.3. The Labute approximate surface area is 91.4 Å². The van der Waals surface area contributed by atoms with E-state index >= 15 is 0 Å². The zero-order valence-corrected chi connectivity index (χ0v) is 9.65. The number of nitrogens with two attached hydrogens (primary N) is 1. The number of nitrogens with zero attached hydrogens (tertiary/aromatic N) is 1. The van der Waals surface area contributed by atoms with E-state index in [1.54, 1.807) is 4.90 Å². The Morgan fingerprint density at radius 3 is 2.87 bits per heavy atom. The maximum Gasteiger partial charge on any atom is 0.239 e. The first-order valence-corrected chi connectivity index (χ1v) is 5.78. The summed E-state index contributed by atoms with van der Waals surface area (Å²) < 4.78 is 0. The Morgan fingerprint density at radius 2 is 2.33 bits per heavy atom. The van der Waals surface area contributed by atoms with E-state index in [0.717, 1.165) is 25.8 Å². The number of hydrogen-bond donors (Lipinski definition) is 2. The molecule has 1 rings (SSSR count). The Morgan fingerprint density at radius 1 is 1.67 bits per heavy atom. The van der Waals surface area contributed by atoms with Crippen LogP contribution in [0.1, 0.15) is 33.1 Å². The van der Waals surface area contributed by atoms with Gasteiger partial charge in [0.15, 0.2) is 0 Å². The van der Waals surface area contributed by atoms with Crippen LogP contribution >= 0.6 is 0 Å². The molecule has 4 nitrogen and oxygen atoms in total. The second-order valence-electron chi connectivity index (χ2n) is 4.49. The quantitative estimate of drug-likeness (QED) is 0.712. The number of β-amino-alcohol motifs (C(OH)–C–C–N with tert-alkyl or cyclic N) is 1. The summed E-state index contributed by atoms with van der Waals surface area (Å²) >= 11 is 0. The van der Waals surface area contributed by atoms with Gasteiger partial charge in [-0.05, 0) is 18.8 Å². The van der Waals surface area contributed by atoms with E-state index in [-0.39, 0.29) is 17.9 Å². The molecule has 15 heavy (non-hydrogen) atoms. The van der Waals surface area contributed by atoms with Gasteiger partial charge in [-0.25, -0.2) is 0 Å². The Balaban J connectivity index is 2.51. The van der Waals surface area contributed by atoms with Gasteiger partial charge >= 0.3 is 0 Å².